The van der Waals surface area contributed by atoms with Gasteiger partial charge in [-0.25, -0.2) is 0 Å². The van der Waals surface area contributed by atoms with Gasteiger partial charge in [0.15, 0.2) is 5.78 Å². The van der Waals surface area contributed by atoms with E-state index in [0.717, 1.165) is 11.1 Å². The van der Waals surface area contributed by atoms with Crippen molar-refractivity contribution in [1.29, 1.82) is 0 Å². The highest BCUT2D eigenvalue weighted by Gasteiger charge is 1.95. The molecule has 0 bridgehead atoms. The fraction of sp³-hybridized carbons (Fsp3) is 0.273. The Kier molecular flexibility index (Phi) is 5.22. The monoisotopic (exact) mass is 193 g/mol. The fourth-order valence-electron chi connectivity index (χ4n) is 0.864. The highest BCUT2D eigenvalue weighted by molar-refractivity contribution is 5.94. The molecule has 3 heteroatoms. The number of hydrogen-bond donors (Lipinski definition) is 1. The van der Waals surface area contributed by atoms with Crippen LogP contribution in [0.25, 0.3) is 0 Å². The van der Waals surface area contributed by atoms with E-state index in [2.05, 4.69) is 5.73 Å². The summed E-state index contributed by atoms with van der Waals surface area (Å²) in [7, 11) is 0. The normalized spacial score (nSPS) is 8.50. The van der Waals surface area contributed by atoms with Gasteiger partial charge in [-0.2, -0.15) is 0 Å². The Bertz CT molecular complexity index is 328. The van der Waals surface area contributed by atoms with Crippen LogP contribution in [0.3, 0.4) is 0 Å². The third kappa shape index (κ3) is 5.94. The molecule has 2 N–H and O–H groups in total. The van der Waals surface area contributed by atoms with E-state index in [4.69, 9.17) is 0 Å². The highest BCUT2D eigenvalue weighted by Crippen LogP contribution is 2.03. The van der Waals surface area contributed by atoms with E-state index in [9.17, 15) is 9.59 Å². The Hall–Kier alpha value is -1.64. The average molecular weight is 193 g/mol. The van der Waals surface area contributed by atoms with E-state index in [0.29, 0.717) is 0 Å². The molecule has 14 heavy (non-hydrogen) atoms. The van der Waals surface area contributed by atoms with E-state index in [1.165, 1.54) is 6.92 Å². The van der Waals surface area contributed by atoms with Crippen molar-refractivity contribution in [2.75, 3.05) is 0 Å². The first-order valence-corrected chi connectivity index (χ1v) is 4.27. The van der Waals surface area contributed by atoms with Crippen LogP contribution in [0.2, 0.25) is 0 Å². The van der Waals surface area contributed by atoms with Gasteiger partial charge in [0.05, 0.1) is 0 Å². The summed E-state index contributed by atoms with van der Waals surface area (Å²) in [5.41, 5.74) is 6.40. The van der Waals surface area contributed by atoms with Crippen LogP contribution in [0.4, 0.5) is 0 Å². The van der Waals surface area contributed by atoms with Crippen molar-refractivity contribution in [3.05, 3.63) is 35.4 Å². The Morgan fingerprint density at radius 3 is 2.00 bits per heavy atom. The van der Waals surface area contributed by atoms with Crippen LogP contribution in [0.1, 0.15) is 29.8 Å². The molecule has 0 aromatic heterocycles. The number of rotatable bonds is 1. The van der Waals surface area contributed by atoms with Gasteiger partial charge in [0.2, 0.25) is 5.91 Å². The Labute approximate surface area is 83.9 Å². The van der Waals surface area contributed by atoms with Crippen LogP contribution in [-0.2, 0) is 4.79 Å². The second-order valence-electron chi connectivity index (χ2n) is 3.04. The molecular weight excluding hydrogens is 178 g/mol. The minimum atomic E-state index is -0.333. The number of nitrogens with two attached hydrogens (primary N) is 1. The molecule has 0 spiro atoms. The van der Waals surface area contributed by atoms with Crippen molar-refractivity contribution in [3.63, 3.8) is 0 Å². The molecule has 0 radical (unpaired) electrons. The van der Waals surface area contributed by atoms with Gasteiger partial charge < -0.3 is 5.73 Å². The summed E-state index contributed by atoms with van der Waals surface area (Å²) in [6.45, 7) is 4.86. The molecule has 1 amide bonds. The summed E-state index contributed by atoms with van der Waals surface area (Å²) >= 11 is 0. The van der Waals surface area contributed by atoms with E-state index < -0.39 is 0 Å². The zero-order valence-electron chi connectivity index (χ0n) is 8.70. The lowest BCUT2D eigenvalue weighted by Crippen LogP contribution is -2.01. The van der Waals surface area contributed by atoms with Crippen LogP contribution >= 0.6 is 0 Å². The number of carbonyl (C=O) groups is 2. The van der Waals surface area contributed by atoms with Gasteiger partial charge in [0.1, 0.15) is 0 Å². The maximum Gasteiger partial charge on any atom is 0.214 e. The van der Waals surface area contributed by atoms with Crippen molar-refractivity contribution in [2.45, 2.75) is 20.8 Å². The summed E-state index contributed by atoms with van der Waals surface area (Å²) in [6.07, 6.45) is 0. The lowest BCUT2D eigenvalue weighted by atomic mass is 10.1. The predicted octanol–water partition coefficient (Wildman–Crippen LogP) is 1.69. The summed E-state index contributed by atoms with van der Waals surface area (Å²) < 4.78 is 0. The van der Waals surface area contributed by atoms with E-state index in [-0.39, 0.29) is 11.7 Å². The Morgan fingerprint density at radius 2 is 1.71 bits per heavy atom. The second-order valence-corrected chi connectivity index (χ2v) is 3.04. The highest BCUT2D eigenvalue weighted by atomic mass is 16.1. The van der Waals surface area contributed by atoms with Gasteiger partial charge in [-0.3, -0.25) is 9.59 Å². The first-order chi connectivity index (χ1) is 6.43. The number of ketones is 1. The maximum absolute atomic E-state index is 10.8. The summed E-state index contributed by atoms with van der Waals surface area (Å²) in [5.74, 6) is -0.205. The fourth-order valence-corrected chi connectivity index (χ4v) is 0.864. The number of Topliss-reactive ketones (excluding diaryl/α,β-unsaturated/α-hetero) is 1. The van der Waals surface area contributed by atoms with E-state index >= 15 is 0 Å². The zero-order valence-corrected chi connectivity index (χ0v) is 8.70. The van der Waals surface area contributed by atoms with Crippen molar-refractivity contribution in [1.82, 2.24) is 0 Å². The lowest BCUT2D eigenvalue weighted by Gasteiger charge is -1.94. The van der Waals surface area contributed by atoms with Crippen molar-refractivity contribution in [3.8, 4) is 0 Å². The molecule has 0 heterocycles. The van der Waals surface area contributed by atoms with Gasteiger partial charge in [0, 0.05) is 12.5 Å². The third-order valence-corrected chi connectivity index (χ3v) is 1.42. The summed E-state index contributed by atoms with van der Waals surface area (Å²) in [4.78, 5) is 20.0. The molecule has 0 saturated carbocycles. The molecule has 0 saturated heterocycles. The smallest absolute Gasteiger partial charge is 0.214 e. The van der Waals surface area contributed by atoms with E-state index in [1.807, 2.05) is 31.2 Å². The minimum absolute atomic E-state index is 0.128. The lowest BCUT2D eigenvalue weighted by molar-refractivity contribution is -0.115. The summed E-state index contributed by atoms with van der Waals surface area (Å²) in [5, 5.41) is 0. The number of aryl methyl sites for hydroxylation is 1. The van der Waals surface area contributed by atoms with Crippen LogP contribution in [0, 0.1) is 6.92 Å². The average Bonchev–Trinajstić information content (AvgIpc) is 2.03. The topological polar surface area (TPSA) is 60.2 Å². The van der Waals surface area contributed by atoms with Crippen LogP contribution < -0.4 is 5.73 Å². The van der Waals surface area contributed by atoms with Crippen molar-refractivity contribution >= 4 is 11.7 Å². The van der Waals surface area contributed by atoms with Crippen LogP contribution in [-0.4, -0.2) is 11.7 Å². The number of carbonyl (C=O) groups excluding carboxylic acids is 2. The molecule has 3 nitrogen and oxygen atoms in total. The second kappa shape index (κ2) is 5.91. The largest absolute Gasteiger partial charge is 0.370 e. The van der Waals surface area contributed by atoms with Gasteiger partial charge >= 0.3 is 0 Å². The molecule has 1 aromatic rings. The first-order valence-electron chi connectivity index (χ1n) is 4.27. The molecule has 1 aromatic carbocycles. The zero-order chi connectivity index (χ0) is 11.1. The Morgan fingerprint density at radius 1 is 1.21 bits per heavy atom. The minimum Gasteiger partial charge on any atom is -0.370 e. The molecule has 0 atom stereocenters. The van der Waals surface area contributed by atoms with Crippen molar-refractivity contribution < 1.29 is 9.59 Å². The molecule has 0 aliphatic rings. The molecule has 0 fully saturated rings. The molecular formula is C11H15NO2. The molecule has 0 aliphatic carbocycles. The SMILES string of the molecule is CC(=O)c1cccc(C)c1.CC(N)=O. The Balaban J connectivity index is 0.000000364. The van der Waals surface area contributed by atoms with Crippen LogP contribution in [0.5, 0.6) is 0 Å². The number of primary amides is 1. The molecule has 76 valence electrons. The van der Waals surface area contributed by atoms with Gasteiger partial charge in [0.25, 0.3) is 0 Å². The summed E-state index contributed by atoms with van der Waals surface area (Å²) in [6, 6.07) is 7.59. The number of amides is 1. The van der Waals surface area contributed by atoms with E-state index in [1.54, 1.807) is 6.92 Å². The predicted molar refractivity (Wildman–Crippen MR) is 56.1 cm³/mol. The number of hydrogen-bond acceptors (Lipinski definition) is 2. The van der Waals surface area contributed by atoms with Gasteiger partial charge in [-0.1, -0.05) is 23.8 Å². The third-order valence-electron chi connectivity index (χ3n) is 1.42. The van der Waals surface area contributed by atoms with Gasteiger partial charge in [-0.05, 0) is 19.9 Å². The molecule has 0 aliphatic heterocycles. The van der Waals surface area contributed by atoms with Crippen molar-refractivity contribution in [2.24, 2.45) is 5.73 Å². The van der Waals surface area contributed by atoms with Gasteiger partial charge in [-0.15, -0.1) is 0 Å². The molecule has 1 rings (SSSR count). The number of benzene rings is 1. The first kappa shape index (κ1) is 12.4. The molecule has 0 unspecified atom stereocenters. The quantitative estimate of drug-likeness (QED) is 0.690. The van der Waals surface area contributed by atoms with Crippen LogP contribution in [0.15, 0.2) is 24.3 Å². The standard InChI is InChI=1S/C9H10O.C2H5NO/c1-7-4-3-5-9(6-7)8(2)10;1-2(3)4/h3-6H,1-2H3;1H3,(H2,3,4). The maximum atomic E-state index is 10.8.